The van der Waals surface area contributed by atoms with Crippen molar-refractivity contribution in [3.05, 3.63) is 39.9 Å². The van der Waals surface area contributed by atoms with Crippen LogP contribution in [0.5, 0.6) is 0 Å². The molecular weight excluding hydrogens is 378 g/mol. The first kappa shape index (κ1) is 18.2. The Bertz CT molecular complexity index is 803. The summed E-state index contributed by atoms with van der Waals surface area (Å²) in [5.74, 6) is 0. The van der Waals surface area contributed by atoms with Crippen molar-refractivity contribution < 1.29 is 26.0 Å². The summed E-state index contributed by atoms with van der Waals surface area (Å²) < 4.78 is 74.6. The molecule has 2 rings (SSSR count). The average Bonchev–Trinajstić information content (AvgIpc) is 2.93. The standard InChI is InChI=1S/C13H10ClF4NO2S2/c14-10-5-9(13(16,17)18)6-19-12(10)23(20,21)11-4-8(7-22-11)2-1-3-15/h4-7H,1-3H2. The monoisotopic (exact) mass is 387 g/mol. The highest BCUT2D eigenvalue weighted by molar-refractivity contribution is 7.93. The number of rotatable bonds is 5. The van der Waals surface area contributed by atoms with Gasteiger partial charge in [-0.15, -0.1) is 11.3 Å². The molecule has 0 saturated heterocycles. The summed E-state index contributed by atoms with van der Waals surface area (Å²) in [5.41, 5.74) is -0.495. The van der Waals surface area contributed by atoms with E-state index in [1.807, 2.05) is 0 Å². The van der Waals surface area contributed by atoms with Crippen LogP contribution in [0.2, 0.25) is 5.02 Å². The van der Waals surface area contributed by atoms with Crippen molar-refractivity contribution >= 4 is 32.8 Å². The lowest BCUT2D eigenvalue weighted by Gasteiger charge is -2.08. The van der Waals surface area contributed by atoms with Gasteiger partial charge < -0.3 is 0 Å². The van der Waals surface area contributed by atoms with E-state index >= 15 is 0 Å². The molecule has 0 bridgehead atoms. The van der Waals surface area contributed by atoms with Crippen LogP contribution in [-0.4, -0.2) is 20.1 Å². The van der Waals surface area contributed by atoms with Gasteiger partial charge >= 0.3 is 6.18 Å². The quantitative estimate of drug-likeness (QED) is 0.707. The molecule has 0 atom stereocenters. The van der Waals surface area contributed by atoms with Crippen LogP contribution >= 0.6 is 22.9 Å². The number of aromatic nitrogens is 1. The molecule has 0 aliphatic rings. The van der Waals surface area contributed by atoms with Gasteiger partial charge in [0.05, 0.1) is 17.3 Å². The van der Waals surface area contributed by atoms with E-state index in [0.717, 1.165) is 11.3 Å². The molecule has 0 saturated carbocycles. The zero-order valence-electron chi connectivity index (χ0n) is 11.4. The molecule has 0 unspecified atom stereocenters. The Kier molecular flexibility index (Phi) is 5.32. The van der Waals surface area contributed by atoms with E-state index in [2.05, 4.69) is 4.98 Å². The maximum Gasteiger partial charge on any atom is 0.417 e. The molecule has 0 aliphatic heterocycles. The zero-order valence-corrected chi connectivity index (χ0v) is 13.8. The Labute approximate surface area is 138 Å². The number of pyridine rings is 1. The molecule has 0 aromatic carbocycles. The minimum Gasteiger partial charge on any atom is -0.251 e. The normalized spacial score (nSPS) is 12.6. The van der Waals surface area contributed by atoms with Gasteiger partial charge in [-0.1, -0.05) is 11.6 Å². The molecule has 0 spiro atoms. The summed E-state index contributed by atoms with van der Waals surface area (Å²) in [6, 6.07) is 1.88. The number of hydrogen-bond donors (Lipinski definition) is 0. The van der Waals surface area contributed by atoms with Crippen LogP contribution in [0, 0.1) is 0 Å². The summed E-state index contributed by atoms with van der Waals surface area (Å²) in [6.45, 7) is -0.524. The molecule has 0 radical (unpaired) electrons. The summed E-state index contributed by atoms with van der Waals surface area (Å²) in [6.07, 6.45) is -3.61. The molecule has 10 heteroatoms. The number of halogens is 5. The summed E-state index contributed by atoms with van der Waals surface area (Å²) in [5, 5.41) is 0.324. The topological polar surface area (TPSA) is 47.0 Å². The van der Waals surface area contributed by atoms with Gasteiger partial charge in [-0.25, -0.2) is 13.4 Å². The minimum atomic E-state index is -4.67. The van der Waals surface area contributed by atoms with E-state index in [0.29, 0.717) is 24.2 Å². The largest absolute Gasteiger partial charge is 0.417 e. The number of thiophene rings is 1. The maximum atomic E-state index is 12.6. The number of sulfone groups is 1. The van der Waals surface area contributed by atoms with Crippen molar-refractivity contribution in [1.29, 1.82) is 0 Å². The lowest BCUT2D eigenvalue weighted by atomic mass is 10.2. The fourth-order valence-corrected chi connectivity index (χ4v) is 4.81. The maximum absolute atomic E-state index is 12.6. The second kappa shape index (κ2) is 6.74. The smallest absolute Gasteiger partial charge is 0.251 e. The van der Waals surface area contributed by atoms with E-state index < -0.39 is 38.3 Å². The van der Waals surface area contributed by atoms with Crippen LogP contribution in [0.15, 0.2) is 32.9 Å². The van der Waals surface area contributed by atoms with Gasteiger partial charge in [-0.2, -0.15) is 13.2 Å². The molecular formula is C13H10ClF4NO2S2. The lowest BCUT2D eigenvalue weighted by Crippen LogP contribution is -2.09. The molecule has 126 valence electrons. The van der Waals surface area contributed by atoms with Gasteiger partial charge in [0.1, 0.15) is 4.21 Å². The van der Waals surface area contributed by atoms with E-state index in [-0.39, 0.29) is 10.6 Å². The highest BCUT2D eigenvalue weighted by Gasteiger charge is 2.33. The van der Waals surface area contributed by atoms with Crippen molar-refractivity contribution in [3.8, 4) is 0 Å². The van der Waals surface area contributed by atoms with E-state index in [4.69, 9.17) is 11.6 Å². The third-order valence-electron chi connectivity index (χ3n) is 2.88. The highest BCUT2D eigenvalue weighted by Crippen LogP contribution is 2.35. The number of alkyl halides is 4. The molecule has 23 heavy (non-hydrogen) atoms. The Morgan fingerprint density at radius 3 is 2.52 bits per heavy atom. The Balaban J connectivity index is 2.38. The summed E-state index contributed by atoms with van der Waals surface area (Å²) in [4.78, 5) is 3.37. The zero-order chi connectivity index (χ0) is 17.3. The van der Waals surface area contributed by atoms with E-state index in [9.17, 15) is 26.0 Å². The van der Waals surface area contributed by atoms with E-state index in [1.54, 1.807) is 5.38 Å². The van der Waals surface area contributed by atoms with Crippen molar-refractivity contribution in [2.24, 2.45) is 0 Å². The van der Waals surface area contributed by atoms with Crippen LogP contribution in [0.4, 0.5) is 17.6 Å². The molecule has 0 amide bonds. The van der Waals surface area contributed by atoms with Gasteiger partial charge in [-0.3, -0.25) is 4.39 Å². The molecule has 0 fully saturated rings. The molecule has 0 aliphatic carbocycles. The fourth-order valence-electron chi connectivity index (χ4n) is 1.77. The summed E-state index contributed by atoms with van der Waals surface area (Å²) in [7, 11) is -4.12. The Morgan fingerprint density at radius 1 is 1.26 bits per heavy atom. The van der Waals surface area contributed by atoms with Gasteiger partial charge in [-0.05, 0) is 35.9 Å². The second-order valence-electron chi connectivity index (χ2n) is 4.58. The van der Waals surface area contributed by atoms with E-state index in [1.165, 1.54) is 6.07 Å². The SMILES string of the molecule is O=S(=O)(c1cc(CCCF)cs1)c1ncc(C(F)(F)F)cc1Cl. The van der Waals surface area contributed by atoms with Gasteiger partial charge in [0.2, 0.25) is 9.84 Å². The molecule has 2 aromatic heterocycles. The molecule has 2 aromatic rings. The first-order valence-electron chi connectivity index (χ1n) is 6.27. The fraction of sp³-hybridized carbons (Fsp3) is 0.308. The Morgan fingerprint density at radius 2 is 1.96 bits per heavy atom. The number of hydrogen-bond acceptors (Lipinski definition) is 4. The molecule has 3 nitrogen and oxygen atoms in total. The van der Waals surface area contributed by atoms with Gasteiger partial charge in [0, 0.05) is 6.20 Å². The third kappa shape index (κ3) is 4.02. The minimum absolute atomic E-state index is 0.0967. The van der Waals surface area contributed by atoms with Crippen LogP contribution in [0.1, 0.15) is 17.5 Å². The number of aryl methyl sites for hydroxylation is 1. The lowest BCUT2D eigenvalue weighted by molar-refractivity contribution is -0.137. The van der Waals surface area contributed by atoms with Crippen molar-refractivity contribution in [2.75, 3.05) is 6.67 Å². The molecule has 2 heterocycles. The first-order valence-corrected chi connectivity index (χ1v) is 9.01. The van der Waals surface area contributed by atoms with Crippen molar-refractivity contribution in [3.63, 3.8) is 0 Å². The number of nitrogens with zero attached hydrogens (tertiary/aromatic N) is 1. The van der Waals surface area contributed by atoms with Crippen LogP contribution in [0.25, 0.3) is 0 Å². The van der Waals surface area contributed by atoms with Crippen molar-refractivity contribution in [2.45, 2.75) is 28.3 Å². The highest BCUT2D eigenvalue weighted by atomic mass is 35.5. The van der Waals surface area contributed by atoms with Crippen molar-refractivity contribution in [1.82, 2.24) is 4.98 Å². The second-order valence-corrected chi connectivity index (χ2v) is 7.99. The summed E-state index contributed by atoms with van der Waals surface area (Å²) >= 11 is 6.56. The average molecular weight is 388 g/mol. The molecule has 0 N–H and O–H groups in total. The van der Waals surface area contributed by atoms with Gasteiger partial charge in [0.25, 0.3) is 0 Å². The third-order valence-corrected chi connectivity index (χ3v) is 6.48. The van der Waals surface area contributed by atoms with Gasteiger partial charge in [0.15, 0.2) is 5.03 Å². The first-order chi connectivity index (χ1) is 10.7. The van der Waals surface area contributed by atoms with Crippen LogP contribution in [0.3, 0.4) is 0 Å². The predicted octanol–water partition coefficient (Wildman–Crippen LogP) is 4.55. The predicted molar refractivity (Wildman–Crippen MR) is 78.3 cm³/mol. The van der Waals surface area contributed by atoms with Crippen LogP contribution < -0.4 is 0 Å². The Hall–Kier alpha value is -1.19. The van der Waals surface area contributed by atoms with Crippen LogP contribution in [-0.2, 0) is 22.4 Å².